The predicted octanol–water partition coefficient (Wildman–Crippen LogP) is 4.83. The summed E-state index contributed by atoms with van der Waals surface area (Å²) in [4.78, 5) is 0. The first-order chi connectivity index (χ1) is 8.92. The lowest BCUT2D eigenvalue weighted by Gasteiger charge is -2.31. The van der Waals surface area contributed by atoms with Gasteiger partial charge in [-0.05, 0) is 51.0 Å². The van der Waals surface area contributed by atoms with Crippen molar-refractivity contribution in [3.8, 4) is 0 Å². The van der Waals surface area contributed by atoms with Crippen molar-refractivity contribution in [3.05, 3.63) is 11.6 Å². The summed E-state index contributed by atoms with van der Waals surface area (Å²) in [5.41, 5.74) is 1.74. The normalized spacial score (nSPS) is 24.4. The molecule has 0 bridgehead atoms. The van der Waals surface area contributed by atoms with Gasteiger partial charge in [-0.15, -0.1) is 0 Å². The van der Waals surface area contributed by atoms with E-state index in [0.717, 1.165) is 5.92 Å². The maximum Gasteiger partial charge on any atom is 0.0307 e. The van der Waals surface area contributed by atoms with Crippen LogP contribution in [0.3, 0.4) is 0 Å². The Bertz CT molecular complexity index is 248. The fourth-order valence-electron chi connectivity index (χ4n) is 3.70. The van der Waals surface area contributed by atoms with E-state index in [1.807, 2.05) is 0 Å². The highest BCUT2D eigenvalue weighted by molar-refractivity contribution is 5.16. The van der Waals surface area contributed by atoms with Crippen LogP contribution in [0.1, 0.15) is 77.6 Å². The largest absolute Gasteiger partial charge is 0.310 e. The molecule has 1 heteroatoms. The van der Waals surface area contributed by atoms with Gasteiger partial charge in [-0.1, -0.05) is 50.7 Å². The van der Waals surface area contributed by atoms with E-state index in [-0.39, 0.29) is 0 Å². The topological polar surface area (TPSA) is 12.0 Å². The number of rotatable bonds is 5. The van der Waals surface area contributed by atoms with Crippen LogP contribution >= 0.6 is 0 Å². The Balaban J connectivity index is 1.96. The van der Waals surface area contributed by atoms with Crippen LogP contribution in [0.5, 0.6) is 0 Å². The van der Waals surface area contributed by atoms with Gasteiger partial charge in [0.2, 0.25) is 0 Å². The molecule has 0 aliphatic heterocycles. The Hall–Kier alpha value is -0.300. The molecule has 1 N–H and O–H groups in total. The van der Waals surface area contributed by atoms with Crippen LogP contribution in [0, 0.1) is 5.92 Å². The van der Waals surface area contributed by atoms with Gasteiger partial charge in [-0.3, -0.25) is 0 Å². The molecular weight excluding hydrogens is 218 g/mol. The lowest BCUT2D eigenvalue weighted by atomic mass is 9.82. The minimum absolute atomic E-state index is 0.713. The van der Waals surface area contributed by atoms with Crippen LogP contribution in [0.4, 0.5) is 0 Å². The van der Waals surface area contributed by atoms with Crippen molar-refractivity contribution < 1.29 is 0 Å². The molecule has 1 atom stereocenters. The minimum Gasteiger partial charge on any atom is -0.310 e. The first kappa shape index (κ1) is 14.1. The second-order valence-corrected chi connectivity index (χ2v) is 6.21. The van der Waals surface area contributed by atoms with Gasteiger partial charge in [-0.2, -0.15) is 0 Å². The fraction of sp³-hybridized carbons (Fsp3) is 0.882. The average molecular weight is 249 g/mol. The highest BCUT2D eigenvalue weighted by atomic mass is 14.9. The molecule has 0 amide bonds. The van der Waals surface area contributed by atoms with Gasteiger partial charge < -0.3 is 5.32 Å². The van der Waals surface area contributed by atoms with Crippen LogP contribution in [-0.4, -0.2) is 12.6 Å². The van der Waals surface area contributed by atoms with Crippen molar-refractivity contribution >= 4 is 0 Å². The summed E-state index contributed by atoms with van der Waals surface area (Å²) in [6.07, 6.45) is 18.1. The van der Waals surface area contributed by atoms with Gasteiger partial charge in [-0.25, -0.2) is 0 Å². The minimum atomic E-state index is 0.713. The highest BCUT2D eigenvalue weighted by Crippen LogP contribution is 2.32. The molecule has 1 fully saturated rings. The van der Waals surface area contributed by atoms with Gasteiger partial charge in [0.1, 0.15) is 0 Å². The molecule has 0 saturated heterocycles. The molecule has 2 aliphatic carbocycles. The molecule has 1 unspecified atom stereocenters. The molecule has 0 aromatic rings. The van der Waals surface area contributed by atoms with Crippen LogP contribution in [0.25, 0.3) is 0 Å². The van der Waals surface area contributed by atoms with Gasteiger partial charge >= 0.3 is 0 Å². The summed E-state index contributed by atoms with van der Waals surface area (Å²) in [5.74, 6) is 0.918. The zero-order valence-corrected chi connectivity index (χ0v) is 12.2. The smallest absolute Gasteiger partial charge is 0.0307 e. The van der Waals surface area contributed by atoms with E-state index in [0.29, 0.717) is 6.04 Å². The third-order valence-electron chi connectivity index (χ3n) is 4.71. The molecule has 0 heterocycles. The Morgan fingerprint density at radius 2 is 1.83 bits per heavy atom. The molecule has 1 saturated carbocycles. The fourth-order valence-corrected chi connectivity index (χ4v) is 3.70. The van der Waals surface area contributed by atoms with Crippen molar-refractivity contribution in [2.75, 3.05) is 6.54 Å². The zero-order valence-electron chi connectivity index (χ0n) is 12.2. The Labute approximate surface area is 113 Å². The molecule has 1 nitrogen and oxygen atoms in total. The lowest BCUT2D eigenvalue weighted by molar-refractivity contribution is 0.307. The molecule has 0 aromatic carbocycles. The van der Waals surface area contributed by atoms with Gasteiger partial charge in [0.15, 0.2) is 0 Å². The number of nitrogens with one attached hydrogen (secondary N) is 1. The van der Waals surface area contributed by atoms with E-state index in [2.05, 4.69) is 18.3 Å². The zero-order chi connectivity index (χ0) is 12.6. The SMILES string of the molecule is CCCNC(C1=CCCC1)C1CCCCCCC1. The molecule has 0 spiro atoms. The van der Waals surface area contributed by atoms with E-state index in [1.54, 1.807) is 5.57 Å². The molecular formula is C17H31N. The standard InChI is InChI=1S/C17H31N/c1-2-14-18-17(16-12-8-9-13-16)15-10-6-4-3-5-7-11-15/h12,15,17-18H,2-11,13-14H2,1H3. The van der Waals surface area contributed by atoms with Crippen molar-refractivity contribution in [1.82, 2.24) is 5.32 Å². The maximum absolute atomic E-state index is 3.86. The second-order valence-electron chi connectivity index (χ2n) is 6.21. The van der Waals surface area contributed by atoms with E-state index in [4.69, 9.17) is 0 Å². The first-order valence-corrected chi connectivity index (χ1v) is 8.34. The number of allylic oxidation sites excluding steroid dienone is 1. The summed E-state index contributed by atoms with van der Waals surface area (Å²) < 4.78 is 0. The van der Waals surface area contributed by atoms with Crippen molar-refractivity contribution in [1.29, 1.82) is 0 Å². The maximum atomic E-state index is 3.86. The van der Waals surface area contributed by atoms with Crippen LogP contribution in [0.15, 0.2) is 11.6 Å². The highest BCUT2D eigenvalue weighted by Gasteiger charge is 2.25. The summed E-state index contributed by atoms with van der Waals surface area (Å²) >= 11 is 0. The summed E-state index contributed by atoms with van der Waals surface area (Å²) in [5, 5.41) is 3.86. The van der Waals surface area contributed by atoms with Crippen molar-refractivity contribution in [2.45, 2.75) is 83.6 Å². The molecule has 0 radical (unpaired) electrons. The first-order valence-electron chi connectivity index (χ1n) is 8.34. The van der Waals surface area contributed by atoms with Crippen molar-refractivity contribution in [3.63, 3.8) is 0 Å². The summed E-state index contributed by atoms with van der Waals surface area (Å²) in [7, 11) is 0. The average Bonchev–Trinajstić information content (AvgIpc) is 2.85. The number of hydrogen-bond acceptors (Lipinski definition) is 1. The Morgan fingerprint density at radius 3 is 2.44 bits per heavy atom. The molecule has 2 rings (SSSR count). The van der Waals surface area contributed by atoms with E-state index in [1.165, 1.54) is 77.2 Å². The van der Waals surface area contributed by atoms with Gasteiger partial charge in [0.05, 0.1) is 0 Å². The molecule has 18 heavy (non-hydrogen) atoms. The quantitative estimate of drug-likeness (QED) is 0.688. The summed E-state index contributed by atoms with van der Waals surface area (Å²) in [6.45, 7) is 3.48. The lowest BCUT2D eigenvalue weighted by Crippen LogP contribution is -2.38. The van der Waals surface area contributed by atoms with Crippen LogP contribution in [0.2, 0.25) is 0 Å². The van der Waals surface area contributed by atoms with Crippen LogP contribution in [-0.2, 0) is 0 Å². The molecule has 0 aromatic heterocycles. The molecule has 104 valence electrons. The van der Waals surface area contributed by atoms with Gasteiger partial charge in [0, 0.05) is 6.04 Å². The third kappa shape index (κ3) is 4.12. The van der Waals surface area contributed by atoms with E-state index >= 15 is 0 Å². The predicted molar refractivity (Wildman–Crippen MR) is 79.8 cm³/mol. The van der Waals surface area contributed by atoms with Crippen molar-refractivity contribution in [2.24, 2.45) is 5.92 Å². The van der Waals surface area contributed by atoms with E-state index in [9.17, 15) is 0 Å². The number of hydrogen-bond donors (Lipinski definition) is 1. The monoisotopic (exact) mass is 249 g/mol. The molecule has 2 aliphatic rings. The Kier molecular flexibility index (Phi) is 6.26. The van der Waals surface area contributed by atoms with Crippen LogP contribution < -0.4 is 5.32 Å². The third-order valence-corrected chi connectivity index (χ3v) is 4.71. The second kappa shape index (κ2) is 7.99. The van der Waals surface area contributed by atoms with Gasteiger partial charge in [0.25, 0.3) is 0 Å². The Morgan fingerprint density at radius 1 is 1.11 bits per heavy atom. The van der Waals surface area contributed by atoms with E-state index < -0.39 is 0 Å². The summed E-state index contributed by atoms with van der Waals surface area (Å²) in [6, 6.07) is 0.713.